The maximum Gasteiger partial charge on any atom is 0.248 e. The molecule has 3 aromatic carbocycles. The van der Waals surface area contributed by atoms with E-state index in [2.05, 4.69) is 5.32 Å². The molecule has 5 nitrogen and oxygen atoms in total. The molecule has 2 amide bonds. The Labute approximate surface area is 179 Å². The van der Waals surface area contributed by atoms with Crippen molar-refractivity contribution < 1.29 is 9.59 Å². The molecule has 6 heteroatoms. The molecule has 1 heterocycles. The maximum atomic E-state index is 12.8. The number of rotatable bonds is 4. The van der Waals surface area contributed by atoms with Gasteiger partial charge in [-0.2, -0.15) is 5.26 Å². The Morgan fingerprint density at radius 1 is 1.07 bits per heavy atom. The van der Waals surface area contributed by atoms with Gasteiger partial charge in [0.05, 0.1) is 17.5 Å². The molecule has 1 aliphatic rings. The molecule has 3 aromatic rings. The summed E-state index contributed by atoms with van der Waals surface area (Å²) in [4.78, 5) is 27.1. The van der Waals surface area contributed by atoms with Gasteiger partial charge < -0.3 is 10.2 Å². The van der Waals surface area contributed by atoms with Crippen molar-refractivity contribution in [3.8, 4) is 6.07 Å². The highest BCUT2D eigenvalue weighted by Crippen LogP contribution is 2.24. The Morgan fingerprint density at radius 3 is 2.63 bits per heavy atom. The molecule has 1 aliphatic heterocycles. The van der Waals surface area contributed by atoms with E-state index in [1.165, 1.54) is 6.08 Å². The first-order valence-electron chi connectivity index (χ1n) is 9.51. The van der Waals surface area contributed by atoms with Gasteiger partial charge in [0, 0.05) is 17.5 Å². The minimum atomic E-state index is -0.532. The van der Waals surface area contributed by atoms with Crippen molar-refractivity contribution in [1.29, 1.82) is 5.26 Å². The van der Waals surface area contributed by atoms with Crippen LogP contribution in [0.1, 0.15) is 11.1 Å². The molecule has 0 aliphatic carbocycles. The third-order valence-corrected chi connectivity index (χ3v) is 5.99. The van der Waals surface area contributed by atoms with Gasteiger partial charge in [-0.25, -0.2) is 0 Å². The van der Waals surface area contributed by atoms with Crippen LogP contribution in [0.3, 0.4) is 0 Å². The Morgan fingerprint density at radius 2 is 1.83 bits per heavy atom. The van der Waals surface area contributed by atoms with E-state index in [-0.39, 0.29) is 11.8 Å². The number of thioether (sulfide) groups is 1. The van der Waals surface area contributed by atoms with E-state index < -0.39 is 6.04 Å². The molecule has 0 bridgehead atoms. The molecule has 148 valence electrons. The smallest absolute Gasteiger partial charge is 0.248 e. The van der Waals surface area contributed by atoms with Crippen molar-refractivity contribution >= 4 is 46.1 Å². The summed E-state index contributed by atoms with van der Waals surface area (Å²) in [5.74, 6) is 0.615. The number of hydrogen-bond donors (Lipinski definition) is 1. The van der Waals surface area contributed by atoms with Crippen LogP contribution in [0.25, 0.3) is 16.8 Å². The number of fused-ring (bicyclic) bond motifs is 1. The van der Waals surface area contributed by atoms with Gasteiger partial charge in [-0.3, -0.25) is 9.59 Å². The maximum absolute atomic E-state index is 12.8. The second-order valence-corrected chi connectivity index (χ2v) is 7.90. The lowest BCUT2D eigenvalue weighted by Crippen LogP contribution is -2.43. The minimum absolute atomic E-state index is 0.187. The first kappa shape index (κ1) is 19.7. The van der Waals surface area contributed by atoms with Crippen molar-refractivity contribution in [3.63, 3.8) is 0 Å². The zero-order valence-electron chi connectivity index (χ0n) is 16.1. The number of amides is 2. The lowest BCUT2D eigenvalue weighted by molar-refractivity contribution is -0.132. The number of carbonyl (C=O) groups is 2. The number of benzene rings is 3. The van der Waals surface area contributed by atoms with Gasteiger partial charge in [-0.05, 0) is 46.7 Å². The van der Waals surface area contributed by atoms with E-state index in [1.807, 2.05) is 54.6 Å². The Hall–Kier alpha value is -3.56. The third-order valence-electron chi connectivity index (χ3n) is 4.98. The summed E-state index contributed by atoms with van der Waals surface area (Å²) in [7, 11) is 0. The van der Waals surface area contributed by atoms with Gasteiger partial charge in [0.15, 0.2) is 0 Å². The lowest BCUT2D eigenvalue weighted by Gasteiger charge is -2.21. The van der Waals surface area contributed by atoms with E-state index in [1.54, 1.807) is 40.9 Å². The monoisotopic (exact) mass is 413 g/mol. The average molecular weight is 414 g/mol. The summed E-state index contributed by atoms with van der Waals surface area (Å²) in [6, 6.07) is 22.2. The third kappa shape index (κ3) is 4.22. The van der Waals surface area contributed by atoms with Gasteiger partial charge in [0.25, 0.3) is 0 Å². The molecular weight excluding hydrogens is 394 g/mol. The molecule has 0 aromatic heterocycles. The predicted octanol–water partition coefficient (Wildman–Crippen LogP) is 4.26. The quantitative estimate of drug-likeness (QED) is 0.649. The van der Waals surface area contributed by atoms with E-state index in [9.17, 15) is 9.59 Å². The van der Waals surface area contributed by atoms with Crippen LogP contribution >= 0.6 is 11.8 Å². The van der Waals surface area contributed by atoms with E-state index in [4.69, 9.17) is 5.26 Å². The number of nitrogens with zero attached hydrogens (tertiary/aromatic N) is 2. The highest BCUT2D eigenvalue weighted by molar-refractivity contribution is 7.99. The fourth-order valence-electron chi connectivity index (χ4n) is 3.38. The largest absolute Gasteiger partial charge is 0.324 e. The second-order valence-electron chi connectivity index (χ2n) is 6.90. The van der Waals surface area contributed by atoms with Gasteiger partial charge in [-0.1, -0.05) is 42.5 Å². The average Bonchev–Trinajstić information content (AvgIpc) is 3.28. The first-order valence-corrected chi connectivity index (χ1v) is 10.7. The van der Waals surface area contributed by atoms with Crippen LogP contribution in [0.15, 0.2) is 72.8 Å². The van der Waals surface area contributed by atoms with Gasteiger partial charge in [0.1, 0.15) is 6.04 Å². The molecule has 1 unspecified atom stereocenters. The van der Waals surface area contributed by atoms with Gasteiger partial charge in [0.2, 0.25) is 11.8 Å². The molecule has 1 fully saturated rings. The van der Waals surface area contributed by atoms with Crippen LogP contribution in [-0.4, -0.2) is 34.4 Å². The normalized spacial score (nSPS) is 16.0. The predicted molar refractivity (Wildman–Crippen MR) is 121 cm³/mol. The molecule has 0 spiro atoms. The summed E-state index contributed by atoms with van der Waals surface area (Å²) in [5, 5.41) is 13.9. The summed E-state index contributed by atoms with van der Waals surface area (Å²) < 4.78 is 0. The fourth-order valence-corrected chi connectivity index (χ4v) is 4.55. The molecule has 4 rings (SSSR count). The topological polar surface area (TPSA) is 73.2 Å². The van der Waals surface area contributed by atoms with Crippen LogP contribution in [-0.2, 0) is 9.59 Å². The molecule has 1 N–H and O–H groups in total. The van der Waals surface area contributed by atoms with Crippen LogP contribution in [0.2, 0.25) is 0 Å². The van der Waals surface area contributed by atoms with Gasteiger partial charge >= 0.3 is 0 Å². The van der Waals surface area contributed by atoms with E-state index in [0.717, 1.165) is 16.3 Å². The van der Waals surface area contributed by atoms with Crippen molar-refractivity contribution in [1.82, 2.24) is 4.90 Å². The summed E-state index contributed by atoms with van der Waals surface area (Å²) >= 11 is 1.56. The zero-order chi connectivity index (χ0) is 20.9. The molecule has 0 radical (unpaired) electrons. The second kappa shape index (κ2) is 8.85. The summed E-state index contributed by atoms with van der Waals surface area (Å²) in [5.41, 5.74) is 2.10. The standard InChI is InChI=1S/C24H19N3O2S/c25-14-17-8-11-20(12-9-17)26-24(29)22-15-30-16-27(22)23(28)13-10-19-6-3-5-18-4-1-2-7-21(18)19/h1-13,22H,15-16H2,(H,26,29)/b13-10+. The molecule has 30 heavy (non-hydrogen) atoms. The summed E-state index contributed by atoms with van der Waals surface area (Å²) in [6.45, 7) is 0. The molecule has 1 saturated heterocycles. The Bertz CT molecular complexity index is 1160. The van der Waals surface area contributed by atoms with E-state index >= 15 is 0 Å². The SMILES string of the molecule is N#Cc1ccc(NC(=O)C2CSCN2C(=O)/C=C/c2cccc3ccccc23)cc1. The molecule has 0 saturated carbocycles. The van der Waals surface area contributed by atoms with E-state index in [0.29, 0.717) is 22.9 Å². The Kier molecular flexibility index (Phi) is 5.82. The van der Waals surface area contributed by atoms with Crippen molar-refractivity contribution in [2.24, 2.45) is 0 Å². The highest BCUT2D eigenvalue weighted by atomic mass is 32.2. The zero-order valence-corrected chi connectivity index (χ0v) is 16.9. The summed E-state index contributed by atoms with van der Waals surface area (Å²) in [6.07, 6.45) is 3.35. The molecular formula is C24H19N3O2S. The van der Waals surface area contributed by atoms with Crippen molar-refractivity contribution in [2.75, 3.05) is 16.9 Å². The number of nitrogens with one attached hydrogen (secondary N) is 1. The lowest BCUT2D eigenvalue weighted by atomic mass is 10.0. The Balaban J connectivity index is 1.47. The van der Waals surface area contributed by atoms with Crippen LogP contribution in [0.4, 0.5) is 5.69 Å². The number of anilines is 1. The van der Waals surface area contributed by atoms with Crippen molar-refractivity contribution in [2.45, 2.75) is 6.04 Å². The minimum Gasteiger partial charge on any atom is -0.324 e. The van der Waals surface area contributed by atoms with Crippen LogP contribution in [0, 0.1) is 11.3 Å². The highest BCUT2D eigenvalue weighted by Gasteiger charge is 2.33. The number of hydrogen-bond acceptors (Lipinski definition) is 4. The fraction of sp³-hybridized carbons (Fsp3) is 0.125. The van der Waals surface area contributed by atoms with Gasteiger partial charge in [-0.15, -0.1) is 11.8 Å². The number of nitriles is 1. The van der Waals surface area contributed by atoms with Crippen molar-refractivity contribution in [3.05, 3.63) is 83.9 Å². The number of carbonyl (C=O) groups excluding carboxylic acids is 2. The first-order chi connectivity index (χ1) is 14.7. The van der Waals surface area contributed by atoms with Crippen LogP contribution < -0.4 is 5.32 Å². The molecule has 1 atom stereocenters. The van der Waals surface area contributed by atoms with Crippen LogP contribution in [0.5, 0.6) is 0 Å².